The van der Waals surface area contributed by atoms with E-state index in [9.17, 15) is 10.2 Å². The van der Waals surface area contributed by atoms with E-state index in [0.717, 1.165) is 57.0 Å². The number of rotatable bonds is 18. The zero-order valence-electron chi connectivity index (χ0n) is 28.5. The number of aliphatic hydroxyl groups is 2. The summed E-state index contributed by atoms with van der Waals surface area (Å²) in [5.41, 5.74) is 0. The molecule has 4 unspecified atom stereocenters. The van der Waals surface area contributed by atoms with Gasteiger partial charge in [0.15, 0.2) is 0 Å². The minimum Gasteiger partial charge on any atom is -0.491 e. The summed E-state index contributed by atoms with van der Waals surface area (Å²) in [6, 6.07) is 34.7. The average Bonchev–Trinajstić information content (AvgIpc) is 4.12. The summed E-state index contributed by atoms with van der Waals surface area (Å²) in [5, 5.41) is 27.1. The Morgan fingerprint density at radius 1 is 0.462 bits per heavy atom. The number of hydrogen-bond donors (Lipinski definition) is 2. The SMILES string of the molecule is OC(COc1ccc2ccc(OCC(O)COc3ccc4c(OCC5CO5)cccc4c3)cc2c1)COc1ccc2c(OCC3CO3)cccc2c1. The molecule has 268 valence electrons. The van der Waals surface area contributed by atoms with Crippen LogP contribution in [0.5, 0.6) is 34.5 Å². The van der Waals surface area contributed by atoms with Gasteiger partial charge in [-0.1, -0.05) is 36.4 Å². The lowest BCUT2D eigenvalue weighted by molar-refractivity contribution is 0.0626. The van der Waals surface area contributed by atoms with Crippen LogP contribution in [0.3, 0.4) is 0 Å². The molecule has 2 N–H and O–H groups in total. The largest absolute Gasteiger partial charge is 0.491 e. The molecule has 0 aromatic heterocycles. The quantitative estimate of drug-likeness (QED) is 0.0982. The third-order valence-corrected chi connectivity index (χ3v) is 8.83. The zero-order chi connectivity index (χ0) is 35.3. The van der Waals surface area contributed by atoms with Gasteiger partial charge in [-0.15, -0.1) is 0 Å². The third-order valence-electron chi connectivity index (χ3n) is 8.83. The molecule has 0 bridgehead atoms. The van der Waals surface area contributed by atoms with Crippen molar-refractivity contribution < 1.29 is 48.1 Å². The summed E-state index contributed by atoms with van der Waals surface area (Å²) in [6.45, 7) is 2.85. The van der Waals surface area contributed by atoms with Crippen molar-refractivity contribution in [3.05, 3.63) is 109 Å². The monoisotopic (exact) mass is 704 g/mol. The van der Waals surface area contributed by atoms with E-state index >= 15 is 0 Å². The Balaban J connectivity index is 0.796. The molecule has 10 heteroatoms. The first kappa shape index (κ1) is 33.9. The van der Waals surface area contributed by atoms with Crippen molar-refractivity contribution in [1.82, 2.24) is 0 Å². The molecular weight excluding hydrogens is 664 g/mol. The van der Waals surface area contributed by atoms with Crippen molar-refractivity contribution in [3.8, 4) is 34.5 Å². The highest BCUT2D eigenvalue weighted by Crippen LogP contribution is 2.31. The molecule has 2 aliphatic heterocycles. The average molecular weight is 705 g/mol. The summed E-state index contributed by atoms with van der Waals surface area (Å²) in [5.74, 6) is 4.14. The maximum Gasteiger partial charge on any atom is 0.127 e. The van der Waals surface area contributed by atoms with Crippen LogP contribution in [0.1, 0.15) is 0 Å². The molecule has 2 heterocycles. The Morgan fingerprint density at radius 2 is 0.846 bits per heavy atom. The maximum absolute atomic E-state index is 10.6. The highest BCUT2D eigenvalue weighted by atomic mass is 16.6. The number of hydrogen-bond acceptors (Lipinski definition) is 10. The van der Waals surface area contributed by atoms with Crippen molar-refractivity contribution in [2.75, 3.05) is 52.9 Å². The number of aliphatic hydroxyl groups excluding tert-OH is 2. The minimum absolute atomic E-state index is 0.0602. The van der Waals surface area contributed by atoms with E-state index in [1.54, 1.807) is 0 Å². The number of epoxide rings is 2. The molecule has 8 rings (SSSR count). The van der Waals surface area contributed by atoms with Gasteiger partial charge in [-0.05, 0) is 94.3 Å². The van der Waals surface area contributed by atoms with Crippen LogP contribution in [0.4, 0.5) is 0 Å². The summed E-state index contributed by atoms with van der Waals surface area (Å²) in [4.78, 5) is 0. The highest BCUT2D eigenvalue weighted by molar-refractivity contribution is 5.90. The van der Waals surface area contributed by atoms with Crippen LogP contribution in [0.2, 0.25) is 0 Å². The second-order valence-corrected chi connectivity index (χ2v) is 13.0. The van der Waals surface area contributed by atoms with Crippen molar-refractivity contribution >= 4 is 32.3 Å². The van der Waals surface area contributed by atoms with Gasteiger partial charge in [0.25, 0.3) is 0 Å². The van der Waals surface area contributed by atoms with Gasteiger partial charge >= 0.3 is 0 Å². The van der Waals surface area contributed by atoms with Crippen LogP contribution in [0, 0.1) is 0 Å². The molecule has 52 heavy (non-hydrogen) atoms. The molecule has 10 nitrogen and oxygen atoms in total. The number of benzene rings is 6. The lowest BCUT2D eigenvalue weighted by Gasteiger charge is -2.16. The third kappa shape index (κ3) is 8.78. The molecule has 6 aromatic rings. The summed E-state index contributed by atoms with van der Waals surface area (Å²) in [6.07, 6.45) is -1.31. The topological polar surface area (TPSA) is 121 Å². The molecule has 0 saturated carbocycles. The molecule has 0 spiro atoms. The smallest absolute Gasteiger partial charge is 0.127 e. The van der Waals surface area contributed by atoms with Crippen LogP contribution in [0.25, 0.3) is 32.3 Å². The summed E-state index contributed by atoms with van der Waals surface area (Å²) in [7, 11) is 0. The van der Waals surface area contributed by atoms with Gasteiger partial charge in [-0.2, -0.15) is 0 Å². The fourth-order valence-corrected chi connectivity index (χ4v) is 5.84. The van der Waals surface area contributed by atoms with Gasteiger partial charge in [0.05, 0.1) is 13.2 Å². The second-order valence-electron chi connectivity index (χ2n) is 13.0. The van der Waals surface area contributed by atoms with Gasteiger partial charge in [0.2, 0.25) is 0 Å². The first-order valence-corrected chi connectivity index (χ1v) is 17.5. The first-order chi connectivity index (χ1) is 25.5. The predicted octanol–water partition coefficient (Wildman–Crippen LogP) is 6.34. The lowest BCUT2D eigenvalue weighted by atomic mass is 10.1. The van der Waals surface area contributed by atoms with Gasteiger partial charge < -0.3 is 48.1 Å². The molecule has 2 aliphatic rings. The van der Waals surface area contributed by atoms with Crippen molar-refractivity contribution in [2.45, 2.75) is 24.4 Å². The molecule has 2 fully saturated rings. The molecule has 0 amide bonds. The van der Waals surface area contributed by atoms with Crippen molar-refractivity contribution in [2.24, 2.45) is 0 Å². The predicted molar refractivity (Wildman–Crippen MR) is 196 cm³/mol. The normalized spacial score (nSPS) is 17.4. The van der Waals surface area contributed by atoms with Crippen LogP contribution < -0.4 is 28.4 Å². The van der Waals surface area contributed by atoms with E-state index < -0.39 is 12.2 Å². The van der Waals surface area contributed by atoms with E-state index in [1.165, 1.54) is 0 Å². The van der Waals surface area contributed by atoms with Gasteiger partial charge in [0.1, 0.15) is 98.6 Å². The second kappa shape index (κ2) is 15.5. The van der Waals surface area contributed by atoms with E-state index in [-0.39, 0.29) is 38.6 Å². The molecule has 2 saturated heterocycles. The van der Waals surface area contributed by atoms with Crippen molar-refractivity contribution in [3.63, 3.8) is 0 Å². The fourth-order valence-electron chi connectivity index (χ4n) is 5.84. The molecule has 6 aromatic carbocycles. The Kier molecular flexibility index (Phi) is 10.1. The van der Waals surface area contributed by atoms with Crippen LogP contribution >= 0.6 is 0 Å². The molecule has 4 atom stereocenters. The Labute approximate surface area is 300 Å². The molecular formula is C42H40O10. The van der Waals surface area contributed by atoms with Crippen molar-refractivity contribution in [1.29, 1.82) is 0 Å². The first-order valence-electron chi connectivity index (χ1n) is 17.5. The molecule has 0 aliphatic carbocycles. The summed E-state index contributed by atoms with van der Waals surface area (Å²) >= 11 is 0. The minimum atomic E-state index is -0.841. The van der Waals surface area contributed by atoms with Crippen LogP contribution in [0.15, 0.2) is 109 Å². The molecule has 0 radical (unpaired) electrons. The lowest BCUT2D eigenvalue weighted by Crippen LogP contribution is -2.25. The Hall–Kier alpha value is -5.26. The number of ether oxygens (including phenoxy) is 8. The standard InChI is InChI=1S/C42H40O10/c43-31(21-47-35-11-13-39-28(15-35)3-1-5-41(39)51-25-37-23-49-37)19-45-33-9-7-27-8-10-34(18-30(27)17-33)46-20-32(44)22-48-36-12-14-40-29(16-36)4-2-6-42(40)52-26-38-24-50-38/h1-18,31-32,37-38,43-44H,19-26H2. The van der Waals surface area contributed by atoms with E-state index in [4.69, 9.17) is 37.9 Å². The summed E-state index contributed by atoms with van der Waals surface area (Å²) < 4.78 is 45.9. The Bertz CT molecular complexity index is 2000. The van der Waals surface area contributed by atoms with E-state index in [2.05, 4.69) is 0 Å². The van der Waals surface area contributed by atoms with Gasteiger partial charge in [0, 0.05) is 10.8 Å². The van der Waals surface area contributed by atoms with E-state index in [1.807, 2.05) is 109 Å². The highest BCUT2D eigenvalue weighted by Gasteiger charge is 2.24. The maximum atomic E-state index is 10.6. The fraction of sp³-hybridized carbons (Fsp3) is 0.286. The zero-order valence-corrected chi connectivity index (χ0v) is 28.5. The number of fused-ring (bicyclic) bond motifs is 3. The van der Waals surface area contributed by atoms with Gasteiger partial charge in [-0.25, -0.2) is 0 Å². The van der Waals surface area contributed by atoms with Crippen LogP contribution in [-0.2, 0) is 9.47 Å². The van der Waals surface area contributed by atoms with Crippen LogP contribution in [-0.4, -0.2) is 87.5 Å². The Morgan fingerprint density at radius 3 is 1.25 bits per heavy atom. The van der Waals surface area contributed by atoms with Gasteiger partial charge in [-0.3, -0.25) is 0 Å². The van der Waals surface area contributed by atoms with E-state index in [0.29, 0.717) is 36.2 Å².